The fourth-order valence-corrected chi connectivity index (χ4v) is 2.30. The number of hydrogen-bond acceptors (Lipinski definition) is 2. The molecule has 0 aliphatic heterocycles. The number of ether oxygens (including phenoxy) is 1. The second kappa shape index (κ2) is 4.80. The predicted molar refractivity (Wildman–Crippen MR) is 72.5 cm³/mol. The van der Waals surface area contributed by atoms with E-state index in [2.05, 4.69) is 9.72 Å². The zero-order chi connectivity index (χ0) is 15.0. The van der Waals surface area contributed by atoms with Crippen molar-refractivity contribution in [2.45, 2.75) is 13.3 Å². The average molecular weight is 292 g/mol. The highest BCUT2D eigenvalue weighted by Crippen LogP contribution is 2.31. The molecule has 1 aromatic heterocycles. The maximum absolute atomic E-state index is 12.5. The molecule has 6 heteroatoms. The van der Waals surface area contributed by atoms with Gasteiger partial charge in [-0.25, -0.2) is 4.98 Å². The molecule has 2 aromatic carbocycles. The Morgan fingerprint density at radius 3 is 2.43 bits per heavy atom. The van der Waals surface area contributed by atoms with Gasteiger partial charge in [-0.3, -0.25) is 4.57 Å². The van der Waals surface area contributed by atoms with Crippen LogP contribution in [0.5, 0.6) is 5.75 Å². The topological polar surface area (TPSA) is 27.1 Å². The Kier molecular flexibility index (Phi) is 3.08. The Bertz CT molecular complexity index is 793. The molecule has 3 aromatic rings. The van der Waals surface area contributed by atoms with Crippen LogP contribution in [0.3, 0.4) is 0 Å². The quantitative estimate of drug-likeness (QED) is 0.706. The van der Waals surface area contributed by atoms with Crippen LogP contribution < -0.4 is 4.74 Å². The van der Waals surface area contributed by atoms with E-state index in [1.54, 1.807) is 29.7 Å². The molecule has 3 nitrogen and oxygen atoms in total. The molecular formula is C15H11F3N2O. The minimum absolute atomic E-state index is 0.253. The third-order valence-electron chi connectivity index (χ3n) is 3.06. The van der Waals surface area contributed by atoms with Gasteiger partial charge in [-0.15, -0.1) is 13.2 Å². The van der Waals surface area contributed by atoms with Gasteiger partial charge in [0.15, 0.2) is 5.75 Å². The van der Waals surface area contributed by atoms with Crippen molar-refractivity contribution in [1.29, 1.82) is 0 Å². The first kappa shape index (κ1) is 13.5. The van der Waals surface area contributed by atoms with Crippen molar-refractivity contribution in [2.75, 3.05) is 0 Å². The summed E-state index contributed by atoms with van der Waals surface area (Å²) in [7, 11) is 0. The second-order valence-electron chi connectivity index (χ2n) is 4.50. The van der Waals surface area contributed by atoms with Gasteiger partial charge in [-0.2, -0.15) is 0 Å². The Labute approximate surface area is 118 Å². The molecule has 0 fully saturated rings. The van der Waals surface area contributed by atoms with Crippen LogP contribution in [0.4, 0.5) is 13.2 Å². The number of benzene rings is 2. The van der Waals surface area contributed by atoms with Crippen molar-refractivity contribution in [3.05, 3.63) is 54.4 Å². The van der Waals surface area contributed by atoms with Crippen molar-refractivity contribution in [2.24, 2.45) is 0 Å². The molecule has 0 atom stereocenters. The summed E-state index contributed by atoms with van der Waals surface area (Å²) >= 11 is 0. The van der Waals surface area contributed by atoms with Crippen LogP contribution in [0.15, 0.2) is 48.5 Å². The molecule has 0 amide bonds. The summed E-state index contributed by atoms with van der Waals surface area (Å²) in [6.07, 6.45) is -4.74. The molecule has 0 bridgehead atoms. The summed E-state index contributed by atoms with van der Waals surface area (Å²) in [4.78, 5) is 4.35. The van der Waals surface area contributed by atoms with Crippen LogP contribution >= 0.6 is 0 Å². The molecule has 1 heterocycles. The number of hydrogen-bond donors (Lipinski definition) is 0. The van der Waals surface area contributed by atoms with Crippen LogP contribution in [0.25, 0.3) is 16.7 Å². The minimum atomic E-state index is -4.74. The number of nitrogens with zero attached hydrogens (tertiary/aromatic N) is 2. The Hall–Kier alpha value is -2.50. The lowest BCUT2D eigenvalue weighted by Crippen LogP contribution is -2.18. The number of aryl methyl sites for hydroxylation is 1. The molecule has 0 unspecified atom stereocenters. The van der Waals surface area contributed by atoms with Gasteiger partial charge in [0, 0.05) is 0 Å². The number of fused-ring (bicyclic) bond motifs is 1. The summed E-state index contributed by atoms with van der Waals surface area (Å²) in [6, 6.07) is 13.3. The van der Waals surface area contributed by atoms with Crippen LogP contribution in [0, 0.1) is 6.92 Å². The molecule has 0 saturated carbocycles. The van der Waals surface area contributed by atoms with Crippen molar-refractivity contribution >= 4 is 11.0 Å². The highest BCUT2D eigenvalue weighted by Gasteiger charge is 2.32. The summed E-state index contributed by atoms with van der Waals surface area (Å²) in [6.45, 7) is 1.74. The molecule has 3 rings (SSSR count). The number of halogens is 3. The van der Waals surface area contributed by atoms with E-state index in [4.69, 9.17) is 0 Å². The Balaban J connectivity index is 2.22. The van der Waals surface area contributed by atoms with Gasteiger partial charge in [0.2, 0.25) is 0 Å². The van der Waals surface area contributed by atoms with Gasteiger partial charge in [-0.1, -0.05) is 24.3 Å². The molecule has 108 valence electrons. The predicted octanol–water partition coefficient (Wildman–Crippen LogP) is 4.23. The average Bonchev–Trinajstić information content (AvgIpc) is 2.73. The fraction of sp³-hybridized carbons (Fsp3) is 0.133. The van der Waals surface area contributed by atoms with Gasteiger partial charge in [-0.05, 0) is 31.2 Å². The van der Waals surface area contributed by atoms with E-state index in [1.807, 2.05) is 18.2 Å². The SMILES string of the molecule is Cc1nc2ccccc2n1-c1ccccc1OC(F)(F)F. The minimum Gasteiger partial charge on any atom is -0.404 e. The Morgan fingerprint density at radius 1 is 1.00 bits per heavy atom. The van der Waals surface area contributed by atoms with Crippen molar-refractivity contribution in [3.63, 3.8) is 0 Å². The maximum atomic E-state index is 12.5. The highest BCUT2D eigenvalue weighted by molar-refractivity contribution is 5.78. The largest absolute Gasteiger partial charge is 0.573 e. The monoisotopic (exact) mass is 292 g/mol. The lowest BCUT2D eigenvalue weighted by molar-refractivity contribution is -0.274. The molecular weight excluding hydrogens is 281 g/mol. The number of rotatable bonds is 2. The van der Waals surface area contributed by atoms with E-state index in [9.17, 15) is 13.2 Å². The highest BCUT2D eigenvalue weighted by atomic mass is 19.4. The fourth-order valence-electron chi connectivity index (χ4n) is 2.30. The number of imidazole rings is 1. The summed E-state index contributed by atoms with van der Waals surface area (Å²) in [5.41, 5.74) is 1.76. The number of aromatic nitrogens is 2. The van der Waals surface area contributed by atoms with Crippen molar-refractivity contribution < 1.29 is 17.9 Å². The third-order valence-corrected chi connectivity index (χ3v) is 3.06. The lowest BCUT2D eigenvalue weighted by Gasteiger charge is -2.15. The number of para-hydroxylation sites is 4. The first-order chi connectivity index (χ1) is 9.96. The van der Waals surface area contributed by atoms with E-state index >= 15 is 0 Å². The molecule has 0 aliphatic carbocycles. The van der Waals surface area contributed by atoms with Gasteiger partial charge in [0.1, 0.15) is 5.82 Å². The van der Waals surface area contributed by atoms with Crippen molar-refractivity contribution in [3.8, 4) is 11.4 Å². The normalized spacial score (nSPS) is 11.8. The van der Waals surface area contributed by atoms with E-state index in [0.29, 0.717) is 11.5 Å². The van der Waals surface area contributed by atoms with Crippen LogP contribution in [-0.4, -0.2) is 15.9 Å². The second-order valence-corrected chi connectivity index (χ2v) is 4.50. The molecule has 0 saturated heterocycles. The standard InChI is InChI=1S/C15H11F3N2O/c1-10-19-11-6-2-3-7-12(11)20(10)13-8-4-5-9-14(13)21-15(16,17)18/h2-9H,1H3. The zero-order valence-electron chi connectivity index (χ0n) is 11.1. The first-order valence-corrected chi connectivity index (χ1v) is 6.25. The van der Waals surface area contributed by atoms with E-state index < -0.39 is 6.36 Å². The number of alkyl halides is 3. The van der Waals surface area contributed by atoms with Crippen LogP contribution in [-0.2, 0) is 0 Å². The van der Waals surface area contributed by atoms with Crippen LogP contribution in [0.2, 0.25) is 0 Å². The lowest BCUT2D eigenvalue weighted by atomic mass is 10.2. The summed E-state index contributed by atoms with van der Waals surface area (Å²) in [5.74, 6) is 0.339. The first-order valence-electron chi connectivity index (χ1n) is 6.25. The van der Waals surface area contributed by atoms with Gasteiger partial charge < -0.3 is 4.74 Å². The van der Waals surface area contributed by atoms with Crippen molar-refractivity contribution in [1.82, 2.24) is 9.55 Å². The smallest absolute Gasteiger partial charge is 0.404 e. The molecule has 0 aliphatic rings. The molecule has 21 heavy (non-hydrogen) atoms. The Morgan fingerprint density at radius 2 is 1.67 bits per heavy atom. The van der Waals surface area contributed by atoms with E-state index in [0.717, 1.165) is 11.0 Å². The third kappa shape index (κ3) is 2.56. The van der Waals surface area contributed by atoms with E-state index in [-0.39, 0.29) is 5.75 Å². The van der Waals surface area contributed by atoms with E-state index in [1.165, 1.54) is 12.1 Å². The zero-order valence-corrected chi connectivity index (χ0v) is 11.1. The molecule has 0 N–H and O–H groups in total. The van der Waals surface area contributed by atoms with Gasteiger partial charge in [0.05, 0.1) is 16.7 Å². The van der Waals surface area contributed by atoms with Gasteiger partial charge in [0.25, 0.3) is 0 Å². The van der Waals surface area contributed by atoms with Crippen LogP contribution in [0.1, 0.15) is 5.82 Å². The van der Waals surface area contributed by atoms with Gasteiger partial charge >= 0.3 is 6.36 Å². The molecule has 0 radical (unpaired) electrons. The summed E-state index contributed by atoms with van der Waals surface area (Å²) in [5, 5.41) is 0. The molecule has 0 spiro atoms. The maximum Gasteiger partial charge on any atom is 0.573 e. The summed E-state index contributed by atoms with van der Waals surface area (Å²) < 4.78 is 43.4.